The Morgan fingerprint density at radius 1 is 1.28 bits per heavy atom. The standard InChI is InChI=1S/C13H14N2O2S/c1-8-4-5-9(2)11(6-8)12(16)7-18-13-15-14-10(3)17-13/h4-6H,7H2,1-3H3. The summed E-state index contributed by atoms with van der Waals surface area (Å²) in [5, 5.41) is 8.00. The largest absolute Gasteiger partial charge is 0.416 e. The number of carbonyl (C=O) groups excluding carboxylic acids is 1. The molecule has 5 heteroatoms. The van der Waals surface area contributed by atoms with Crippen molar-refractivity contribution < 1.29 is 9.21 Å². The Morgan fingerprint density at radius 2 is 2.06 bits per heavy atom. The van der Waals surface area contributed by atoms with Crippen LogP contribution in [0, 0.1) is 20.8 Å². The molecule has 4 nitrogen and oxygen atoms in total. The van der Waals surface area contributed by atoms with Crippen molar-refractivity contribution in [2.75, 3.05) is 5.75 Å². The lowest BCUT2D eigenvalue weighted by Gasteiger charge is -2.04. The van der Waals surface area contributed by atoms with Crippen molar-refractivity contribution in [2.24, 2.45) is 0 Å². The number of hydrogen-bond acceptors (Lipinski definition) is 5. The van der Waals surface area contributed by atoms with E-state index in [1.165, 1.54) is 11.8 Å². The van der Waals surface area contributed by atoms with Crippen molar-refractivity contribution in [3.05, 3.63) is 40.8 Å². The summed E-state index contributed by atoms with van der Waals surface area (Å²) in [5.41, 5.74) is 2.84. The predicted molar refractivity (Wildman–Crippen MR) is 70.0 cm³/mol. The zero-order chi connectivity index (χ0) is 13.1. The molecule has 0 bridgehead atoms. The molecule has 0 fully saturated rings. The lowest BCUT2D eigenvalue weighted by atomic mass is 10.0. The van der Waals surface area contributed by atoms with Crippen molar-refractivity contribution in [2.45, 2.75) is 26.0 Å². The van der Waals surface area contributed by atoms with Crippen LogP contribution in [0.3, 0.4) is 0 Å². The fraction of sp³-hybridized carbons (Fsp3) is 0.308. The average molecular weight is 262 g/mol. The highest BCUT2D eigenvalue weighted by Crippen LogP contribution is 2.19. The van der Waals surface area contributed by atoms with Crippen LogP contribution < -0.4 is 0 Å². The van der Waals surface area contributed by atoms with E-state index < -0.39 is 0 Å². The number of ketones is 1. The Kier molecular flexibility index (Phi) is 3.81. The van der Waals surface area contributed by atoms with Gasteiger partial charge in [0.2, 0.25) is 5.89 Å². The van der Waals surface area contributed by atoms with E-state index in [2.05, 4.69) is 10.2 Å². The highest BCUT2D eigenvalue weighted by molar-refractivity contribution is 7.99. The second-order valence-electron chi connectivity index (χ2n) is 4.12. The van der Waals surface area contributed by atoms with Crippen LogP contribution >= 0.6 is 11.8 Å². The Balaban J connectivity index is 2.05. The lowest BCUT2D eigenvalue weighted by molar-refractivity contribution is 0.102. The fourth-order valence-corrected chi connectivity index (χ4v) is 2.27. The third-order valence-corrected chi connectivity index (χ3v) is 3.35. The van der Waals surface area contributed by atoms with Crippen molar-refractivity contribution in [1.29, 1.82) is 0 Å². The van der Waals surface area contributed by atoms with Crippen molar-refractivity contribution in [1.82, 2.24) is 10.2 Å². The average Bonchev–Trinajstić information content (AvgIpc) is 2.75. The highest BCUT2D eigenvalue weighted by atomic mass is 32.2. The molecule has 0 aliphatic rings. The Bertz CT molecular complexity index is 578. The van der Waals surface area contributed by atoms with Gasteiger partial charge >= 0.3 is 0 Å². The first kappa shape index (κ1) is 12.8. The summed E-state index contributed by atoms with van der Waals surface area (Å²) in [6.07, 6.45) is 0. The summed E-state index contributed by atoms with van der Waals surface area (Å²) in [6, 6.07) is 5.88. The van der Waals surface area contributed by atoms with E-state index >= 15 is 0 Å². The number of aromatic nitrogens is 2. The first-order valence-electron chi connectivity index (χ1n) is 5.59. The normalized spacial score (nSPS) is 10.6. The van der Waals surface area contributed by atoms with Crippen LogP contribution in [0.2, 0.25) is 0 Å². The smallest absolute Gasteiger partial charge is 0.277 e. The van der Waals surface area contributed by atoms with E-state index in [4.69, 9.17) is 4.42 Å². The van der Waals surface area contributed by atoms with E-state index in [1.54, 1.807) is 6.92 Å². The van der Waals surface area contributed by atoms with Crippen molar-refractivity contribution in [3.63, 3.8) is 0 Å². The molecule has 2 rings (SSSR count). The van der Waals surface area contributed by atoms with Crippen LogP contribution in [0.4, 0.5) is 0 Å². The van der Waals surface area contributed by atoms with Crippen LogP contribution in [0.15, 0.2) is 27.8 Å². The minimum atomic E-state index is 0.0806. The summed E-state index contributed by atoms with van der Waals surface area (Å²) in [6.45, 7) is 5.64. The topological polar surface area (TPSA) is 56.0 Å². The lowest BCUT2D eigenvalue weighted by Crippen LogP contribution is -2.05. The number of rotatable bonds is 4. The molecule has 0 saturated carbocycles. The Morgan fingerprint density at radius 3 is 2.72 bits per heavy atom. The molecule has 0 saturated heterocycles. The molecule has 18 heavy (non-hydrogen) atoms. The van der Waals surface area contributed by atoms with Gasteiger partial charge in [-0.05, 0) is 25.5 Å². The minimum absolute atomic E-state index is 0.0806. The van der Waals surface area contributed by atoms with Gasteiger partial charge in [-0.1, -0.05) is 29.5 Å². The quantitative estimate of drug-likeness (QED) is 0.626. The van der Waals surface area contributed by atoms with Gasteiger partial charge in [-0.3, -0.25) is 4.79 Å². The number of thioether (sulfide) groups is 1. The zero-order valence-electron chi connectivity index (χ0n) is 10.6. The van der Waals surface area contributed by atoms with Crippen LogP contribution in [0.1, 0.15) is 27.4 Å². The molecule has 0 aliphatic heterocycles. The molecule has 0 radical (unpaired) electrons. The molecule has 0 atom stereocenters. The molecule has 1 aromatic heterocycles. The van der Waals surface area contributed by atoms with E-state index in [-0.39, 0.29) is 5.78 Å². The van der Waals surface area contributed by atoms with Gasteiger partial charge in [0.25, 0.3) is 5.22 Å². The zero-order valence-corrected chi connectivity index (χ0v) is 11.4. The van der Waals surface area contributed by atoms with Crippen LogP contribution in [0.25, 0.3) is 0 Å². The first-order valence-corrected chi connectivity index (χ1v) is 6.58. The van der Waals surface area contributed by atoms with Crippen LogP contribution in [0.5, 0.6) is 0 Å². The Hall–Kier alpha value is -1.62. The van der Waals surface area contributed by atoms with Gasteiger partial charge in [-0.15, -0.1) is 10.2 Å². The third-order valence-electron chi connectivity index (χ3n) is 2.53. The predicted octanol–water partition coefficient (Wildman–Crippen LogP) is 2.97. The molecular weight excluding hydrogens is 248 g/mol. The molecule has 1 heterocycles. The summed E-state index contributed by atoms with van der Waals surface area (Å²) >= 11 is 1.27. The van der Waals surface area contributed by atoms with E-state index in [9.17, 15) is 4.79 Å². The van der Waals surface area contributed by atoms with Gasteiger partial charge in [0.05, 0.1) is 5.75 Å². The number of hydrogen-bond donors (Lipinski definition) is 0. The van der Waals surface area contributed by atoms with Gasteiger partial charge in [0, 0.05) is 12.5 Å². The van der Waals surface area contributed by atoms with Crippen LogP contribution in [-0.2, 0) is 0 Å². The van der Waals surface area contributed by atoms with Gasteiger partial charge < -0.3 is 4.42 Å². The number of benzene rings is 1. The SMILES string of the molecule is Cc1ccc(C)c(C(=O)CSc2nnc(C)o2)c1. The molecule has 1 aromatic carbocycles. The number of Topliss-reactive ketones (excluding diaryl/α,β-unsaturated/α-hetero) is 1. The summed E-state index contributed by atoms with van der Waals surface area (Å²) < 4.78 is 5.21. The van der Waals surface area contributed by atoms with Crippen LogP contribution in [-0.4, -0.2) is 21.7 Å². The number of aryl methyl sites for hydroxylation is 3. The molecule has 0 amide bonds. The second-order valence-corrected chi connectivity index (χ2v) is 5.04. The molecule has 94 valence electrons. The van der Waals surface area contributed by atoms with Gasteiger partial charge in [0.1, 0.15) is 0 Å². The van der Waals surface area contributed by atoms with Gasteiger partial charge in [-0.25, -0.2) is 0 Å². The van der Waals surface area contributed by atoms with E-state index in [0.717, 1.165) is 16.7 Å². The maximum Gasteiger partial charge on any atom is 0.277 e. The number of nitrogens with zero attached hydrogens (tertiary/aromatic N) is 2. The summed E-state index contributed by atoms with van der Waals surface area (Å²) in [7, 11) is 0. The van der Waals surface area contributed by atoms with Crippen molar-refractivity contribution in [3.8, 4) is 0 Å². The maximum absolute atomic E-state index is 12.1. The van der Waals surface area contributed by atoms with E-state index in [0.29, 0.717) is 16.9 Å². The molecule has 0 unspecified atom stereocenters. The third kappa shape index (κ3) is 2.98. The maximum atomic E-state index is 12.1. The molecule has 0 aliphatic carbocycles. The van der Waals surface area contributed by atoms with E-state index in [1.807, 2.05) is 32.0 Å². The molecule has 0 spiro atoms. The van der Waals surface area contributed by atoms with Gasteiger partial charge in [-0.2, -0.15) is 0 Å². The summed E-state index contributed by atoms with van der Waals surface area (Å²) in [5.74, 6) is 0.903. The highest BCUT2D eigenvalue weighted by Gasteiger charge is 2.12. The minimum Gasteiger partial charge on any atom is -0.416 e. The summed E-state index contributed by atoms with van der Waals surface area (Å²) in [4.78, 5) is 12.1. The van der Waals surface area contributed by atoms with Crippen molar-refractivity contribution >= 4 is 17.5 Å². The molecular formula is C13H14N2O2S. The monoisotopic (exact) mass is 262 g/mol. The second kappa shape index (κ2) is 5.35. The Labute approximate surface area is 110 Å². The molecule has 0 N–H and O–H groups in total. The van der Waals surface area contributed by atoms with Gasteiger partial charge in [0.15, 0.2) is 5.78 Å². The number of carbonyl (C=O) groups is 1. The first-order chi connectivity index (χ1) is 8.56. The fourth-order valence-electron chi connectivity index (χ4n) is 1.58. The molecule has 2 aromatic rings.